The first-order chi connectivity index (χ1) is 16.5. The lowest BCUT2D eigenvalue weighted by Gasteiger charge is -2.42. The Morgan fingerprint density at radius 2 is 1.19 bits per heavy atom. The number of hydrogen-bond donors (Lipinski definition) is 3. The molecule has 0 fully saturated rings. The Morgan fingerprint density at radius 3 is 1.65 bits per heavy atom. The van der Waals surface area contributed by atoms with Crippen LogP contribution in [0.2, 0.25) is 0 Å². The van der Waals surface area contributed by atoms with Crippen molar-refractivity contribution < 1.29 is 14.3 Å². The van der Waals surface area contributed by atoms with E-state index in [9.17, 15) is 9.59 Å². The second kappa shape index (κ2) is 9.99. The molecule has 2 rings (SSSR count). The second-order valence-electron chi connectivity index (χ2n) is 14.5. The van der Waals surface area contributed by atoms with E-state index in [0.717, 1.165) is 33.9 Å². The number of hydrogen-bond acceptors (Lipinski definition) is 3. The average Bonchev–Trinajstić information content (AvgIpc) is 3.31. The molecule has 0 aromatic carbocycles. The first-order valence-corrected chi connectivity index (χ1v) is 13.4. The highest BCUT2D eigenvalue weighted by atomic mass is 16.6. The van der Waals surface area contributed by atoms with Gasteiger partial charge in [0.25, 0.3) is 0 Å². The van der Waals surface area contributed by atoms with E-state index in [4.69, 9.17) is 4.74 Å². The predicted octanol–water partition coefficient (Wildman–Crippen LogP) is 6.37. The van der Waals surface area contributed by atoms with E-state index in [1.807, 2.05) is 20.8 Å². The number of likely N-dealkylation sites (N-methyl/N-ethyl adjacent to an activating group) is 1. The van der Waals surface area contributed by atoms with Crippen molar-refractivity contribution in [3.63, 3.8) is 0 Å². The molecule has 2 aromatic rings. The summed E-state index contributed by atoms with van der Waals surface area (Å²) in [6.07, 6.45) is 0.537. The monoisotopic (exact) mass is 513 g/mol. The summed E-state index contributed by atoms with van der Waals surface area (Å²) < 4.78 is 5.68. The Balaban J connectivity index is 2.65. The third kappa shape index (κ3) is 6.88. The largest absolute Gasteiger partial charge is 0.460 e. The number of ether oxygens (including phenoxy) is 1. The number of H-pyrrole nitrogens is 2. The minimum absolute atomic E-state index is 0.00745. The van der Waals surface area contributed by atoms with Gasteiger partial charge in [0, 0.05) is 51.5 Å². The molecular weight excluding hydrogens is 462 g/mol. The van der Waals surface area contributed by atoms with Gasteiger partial charge < -0.3 is 20.0 Å². The molecule has 0 aliphatic rings. The summed E-state index contributed by atoms with van der Waals surface area (Å²) in [5, 5.41) is 2.75. The molecule has 2 aromatic heterocycles. The van der Waals surface area contributed by atoms with Crippen LogP contribution in [0.3, 0.4) is 0 Å². The molecule has 0 saturated carbocycles. The van der Waals surface area contributed by atoms with Gasteiger partial charge in [-0.25, -0.2) is 0 Å². The highest BCUT2D eigenvalue weighted by molar-refractivity contribution is 5.78. The van der Waals surface area contributed by atoms with E-state index in [-0.39, 0.29) is 34.5 Å². The molecule has 0 radical (unpaired) electrons. The molecule has 37 heavy (non-hydrogen) atoms. The fraction of sp³-hybridized carbons (Fsp3) is 0.677. The van der Waals surface area contributed by atoms with Crippen molar-refractivity contribution in [2.45, 2.75) is 130 Å². The summed E-state index contributed by atoms with van der Waals surface area (Å²) in [5.41, 5.74) is 4.71. The first kappa shape index (κ1) is 30.7. The maximum atomic E-state index is 12.9. The average molecular weight is 514 g/mol. The zero-order chi connectivity index (χ0) is 28.8. The highest BCUT2D eigenvalue weighted by Crippen LogP contribution is 2.46. The molecule has 0 saturated heterocycles. The molecule has 0 atom stereocenters. The van der Waals surface area contributed by atoms with Gasteiger partial charge in [-0.3, -0.25) is 9.59 Å². The van der Waals surface area contributed by atoms with E-state index in [1.54, 1.807) is 7.05 Å². The third-order valence-corrected chi connectivity index (χ3v) is 7.60. The van der Waals surface area contributed by atoms with Crippen molar-refractivity contribution in [2.24, 2.45) is 0 Å². The molecule has 6 heteroatoms. The van der Waals surface area contributed by atoms with Crippen LogP contribution in [-0.2, 0) is 48.8 Å². The highest BCUT2D eigenvalue weighted by Gasteiger charge is 2.44. The summed E-state index contributed by atoms with van der Waals surface area (Å²) in [7, 11) is 1.67. The van der Waals surface area contributed by atoms with Gasteiger partial charge in [0.05, 0.1) is 12.8 Å². The third-order valence-electron chi connectivity index (χ3n) is 7.60. The molecule has 2 heterocycles. The van der Waals surface area contributed by atoms with Crippen molar-refractivity contribution in [3.8, 4) is 0 Å². The van der Waals surface area contributed by atoms with Crippen LogP contribution in [0.5, 0.6) is 0 Å². The number of esters is 1. The summed E-state index contributed by atoms with van der Waals surface area (Å²) >= 11 is 0. The Kier molecular flexibility index (Phi) is 8.30. The number of rotatable bonds is 7. The Labute approximate surface area is 224 Å². The summed E-state index contributed by atoms with van der Waals surface area (Å²) in [6, 6.07) is 4.28. The molecule has 3 N–H and O–H groups in total. The smallest absolute Gasteiger partial charge is 0.310 e. The number of aromatic nitrogens is 2. The fourth-order valence-electron chi connectivity index (χ4n) is 4.68. The van der Waals surface area contributed by atoms with Crippen molar-refractivity contribution in [3.05, 3.63) is 46.0 Å². The maximum Gasteiger partial charge on any atom is 0.310 e. The second-order valence-corrected chi connectivity index (χ2v) is 14.5. The van der Waals surface area contributed by atoms with Gasteiger partial charge in [-0.15, -0.1) is 0 Å². The summed E-state index contributed by atoms with van der Waals surface area (Å²) in [4.78, 5) is 32.6. The molecule has 0 bridgehead atoms. The first-order valence-electron chi connectivity index (χ1n) is 13.4. The van der Waals surface area contributed by atoms with Crippen LogP contribution < -0.4 is 5.32 Å². The topological polar surface area (TPSA) is 87.0 Å². The van der Waals surface area contributed by atoms with Gasteiger partial charge in [-0.2, -0.15) is 0 Å². The number of nitrogens with one attached hydrogen (secondary N) is 3. The molecule has 1 amide bonds. The molecule has 208 valence electrons. The fourth-order valence-corrected chi connectivity index (χ4v) is 4.68. The van der Waals surface area contributed by atoms with Gasteiger partial charge in [0.15, 0.2) is 0 Å². The van der Waals surface area contributed by atoms with E-state index in [2.05, 4.69) is 96.7 Å². The lowest BCUT2D eigenvalue weighted by atomic mass is 9.63. The number of carbonyl (C=O) groups is 2. The molecule has 6 nitrogen and oxygen atoms in total. The van der Waals surface area contributed by atoms with Gasteiger partial charge >= 0.3 is 5.97 Å². The summed E-state index contributed by atoms with van der Waals surface area (Å²) in [5.74, 6) is -0.239. The van der Waals surface area contributed by atoms with Crippen molar-refractivity contribution in [1.29, 1.82) is 0 Å². The lowest BCUT2D eigenvalue weighted by molar-refractivity contribution is -0.153. The van der Waals surface area contributed by atoms with Crippen molar-refractivity contribution >= 4 is 11.9 Å². The van der Waals surface area contributed by atoms with Crippen LogP contribution in [0.15, 0.2) is 12.1 Å². The molecule has 0 aliphatic carbocycles. The van der Waals surface area contributed by atoms with Crippen LogP contribution in [0.4, 0.5) is 0 Å². The molecular formula is C31H51N3O3. The molecule has 0 spiro atoms. The van der Waals surface area contributed by atoms with Crippen LogP contribution in [0.1, 0.15) is 124 Å². The zero-order valence-corrected chi connectivity index (χ0v) is 25.8. The quantitative estimate of drug-likeness (QED) is 0.376. The Hall–Kier alpha value is -2.50. The van der Waals surface area contributed by atoms with Crippen LogP contribution >= 0.6 is 0 Å². The molecule has 0 unspecified atom stereocenters. The minimum atomic E-state index is -0.538. The standard InChI is InChI=1S/C31H51N3O3/c1-27(2,3)21-15-20(18-24(36)37-29(7,8)9)26(33-21)31(12,13)30(10,11)22-16-19(17-23(35)32-14)25(34-22)28(4,5)6/h15-16,33-34H,17-18H2,1-14H3,(H,32,35). The molecule has 0 aliphatic heterocycles. The predicted molar refractivity (Wildman–Crippen MR) is 152 cm³/mol. The van der Waals surface area contributed by atoms with Crippen LogP contribution in [0.25, 0.3) is 0 Å². The Bertz CT molecular complexity index is 1130. The minimum Gasteiger partial charge on any atom is -0.460 e. The Morgan fingerprint density at radius 1 is 0.703 bits per heavy atom. The van der Waals surface area contributed by atoms with Gasteiger partial charge in [-0.1, -0.05) is 69.2 Å². The number of carbonyl (C=O) groups excluding carboxylic acids is 2. The normalized spacial score (nSPS) is 13.6. The number of aromatic amines is 2. The van der Waals surface area contributed by atoms with E-state index in [1.165, 1.54) is 0 Å². The number of amides is 1. The van der Waals surface area contributed by atoms with Gasteiger partial charge in [-0.05, 0) is 44.0 Å². The summed E-state index contributed by atoms with van der Waals surface area (Å²) in [6.45, 7) is 27.6. The van der Waals surface area contributed by atoms with Crippen LogP contribution in [-0.4, -0.2) is 34.5 Å². The lowest BCUT2D eigenvalue weighted by Crippen LogP contribution is -2.42. The van der Waals surface area contributed by atoms with E-state index < -0.39 is 11.0 Å². The zero-order valence-electron chi connectivity index (χ0n) is 25.8. The maximum absolute atomic E-state index is 12.9. The van der Waals surface area contributed by atoms with Crippen molar-refractivity contribution in [2.75, 3.05) is 7.05 Å². The van der Waals surface area contributed by atoms with Gasteiger partial charge in [0.2, 0.25) is 5.91 Å². The van der Waals surface area contributed by atoms with Gasteiger partial charge in [0.1, 0.15) is 5.60 Å². The van der Waals surface area contributed by atoms with E-state index >= 15 is 0 Å². The van der Waals surface area contributed by atoms with Crippen LogP contribution in [0, 0.1) is 0 Å². The van der Waals surface area contributed by atoms with Crippen molar-refractivity contribution in [1.82, 2.24) is 15.3 Å². The SMILES string of the molecule is CNC(=O)Cc1cc(C(C)(C)C(C)(C)c2[nH]c(C(C)(C)C)cc2CC(=O)OC(C)(C)C)[nH]c1C(C)(C)C. The van der Waals surface area contributed by atoms with E-state index in [0.29, 0.717) is 6.42 Å².